The maximum Gasteiger partial charge on any atom is 0.268 e. The van der Waals surface area contributed by atoms with Crippen LogP contribution in [-0.4, -0.2) is 45.8 Å². The number of aromatic amines is 1. The summed E-state index contributed by atoms with van der Waals surface area (Å²) in [5, 5.41) is 19.9. The lowest BCUT2D eigenvalue weighted by Crippen LogP contribution is -2.32. The topological polar surface area (TPSA) is 88.6 Å². The second-order valence-electron chi connectivity index (χ2n) is 7.81. The second-order valence-corrected chi connectivity index (χ2v) is 8.21. The quantitative estimate of drug-likeness (QED) is 0.244. The van der Waals surface area contributed by atoms with Gasteiger partial charge in [0.25, 0.3) is 5.91 Å². The molecule has 162 valence electrons. The van der Waals surface area contributed by atoms with Crippen molar-refractivity contribution < 1.29 is 15.1 Å². The summed E-state index contributed by atoms with van der Waals surface area (Å²) in [5.41, 5.74) is 7.18. The minimum atomic E-state index is -0.658. The molecule has 0 aliphatic heterocycles. The predicted octanol–water partition coefficient (Wildman–Crippen LogP) is 3.78. The molecular weight excluding hydrogens is 414 g/mol. The van der Waals surface area contributed by atoms with Crippen LogP contribution in [0.3, 0.4) is 0 Å². The number of carbonyl (C=O) groups is 1. The molecule has 4 rings (SSSR count). The minimum Gasteiger partial charge on any atom is -0.395 e. The van der Waals surface area contributed by atoms with Crippen LogP contribution >= 0.6 is 11.6 Å². The molecule has 0 saturated carbocycles. The fourth-order valence-electron chi connectivity index (χ4n) is 4.51. The summed E-state index contributed by atoms with van der Waals surface area (Å²) in [6.07, 6.45) is 6.03. The van der Waals surface area contributed by atoms with Gasteiger partial charge in [-0.2, -0.15) is 0 Å². The third-order valence-corrected chi connectivity index (χ3v) is 6.33. The number of amides is 1. The SMILES string of the molecule is O=C(/C=C(\Cl)c1ccc2c(c1)CCC2N(CCO)CCc1c[nH]c2ccccc12)NO. The van der Waals surface area contributed by atoms with E-state index in [9.17, 15) is 9.90 Å². The lowest BCUT2D eigenvalue weighted by molar-refractivity contribution is -0.124. The van der Waals surface area contributed by atoms with E-state index in [2.05, 4.69) is 40.3 Å². The van der Waals surface area contributed by atoms with E-state index in [1.54, 1.807) is 5.48 Å². The molecule has 1 amide bonds. The molecule has 1 aliphatic carbocycles. The van der Waals surface area contributed by atoms with E-state index in [4.69, 9.17) is 16.8 Å². The molecule has 1 heterocycles. The van der Waals surface area contributed by atoms with Crippen LogP contribution in [0.25, 0.3) is 15.9 Å². The van der Waals surface area contributed by atoms with Crippen LogP contribution in [-0.2, 0) is 17.6 Å². The van der Waals surface area contributed by atoms with Crippen molar-refractivity contribution in [3.8, 4) is 0 Å². The van der Waals surface area contributed by atoms with Gasteiger partial charge in [-0.3, -0.25) is 14.9 Å². The zero-order valence-electron chi connectivity index (χ0n) is 17.1. The Morgan fingerprint density at radius 2 is 2.10 bits per heavy atom. The fraction of sp³-hybridized carbons (Fsp3) is 0.292. The number of H-pyrrole nitrogens is 1. The molecular formula is C24H26ClN3O3. The van der Waals surface area contributed by atoms with E-state index in [0.717, 1.165) is 43.0 Å². The number of nitrogens with one attached hydrogen (secondary N) is 2. The third-order valence-electron chi connectivity index (χ3n) is 6.00. The molecule has 0 fully saturated rings. The van der Waals surface area contributed by atoms with Gasteiger partial charge in [0.05, 0.1) is 11.6 Å². The van der Waals surface area contributed by atoms with Crippen molar-refractivity contribution in [2.24, 2.45) is 0 Å². The Labute approximate surface area is 186 Å². The molecule has 2 aromatic carbocycles. The Balaban J connectivity index is 1.51. The van der Waals surface area contributed by atoms with Gasteiger partial charge in [-0.1, -0.05) is 41.9 Å². The van der Waals surface area contributed by atoms with E-state index in [1.165, 1.54) is 22.1 Å². The largest absolute Gasteiger partial charge is 0.395 e. The Kier molecular flexibility index (Phi) is 6.73. The normalized spacial score (nSPS) is 16.1. The number of hydrogen-bond acceptors (Lipinski definition) is 4. The van der Waals surface area contributed by atoms with Crippen molar-refractivity contribution in [3.63, 3.8) is 0 Å². The maximum absolute atomic E-state index is 11.3. The number of aromatic nitrogens is 1. The molecule has 31 heavy (non-hydrogen) atoms. The molecule has 0 radical (unpaired) electrons. The van der Waals surface area contributed by atoms with Gasteiger partial charge in [0, 0.05) is 42.3 Å². The number of aliphatic hydroxyl groups is 1. The van der Waals surface area contributed by atoms with Crippen LogP contribution in [0.15, 0.2) is 54.7 Å². The van der Waals surface area contributed by atoms with Crippen LogP contribution in [0.5, 0.6) is 0 Å². The van der Waals surface area contributed by atoms with Crippen molar-refractivity contribution in [1.82, 2.24) is 15.4 Å². The molecule has 1 unspecified atom stereocenters. The zero-order chi connectivity index (χ0) is 21.8. The highest BCUT2D eigenvalue weighted by Crippen LogP contribution is 2.37. The number of rotatable bonds is 8. The number of hydrogen-bond donors (Lipinski definition) is 4. The number of carbonyl (C=O) groups excluding carboxylic acids is 1. The van der Waals surface area contributed by atoms with Crippen LogP contribution in [0.4, 0.5) is 0 Å². The number of nitrogens with zero attached hydrogens (tertiary/aromatic N) is 1. The molecule has 3 aromatic rings. The van der Waals surface area contributed by atoms with Gasteiger partial charge in [-0.15, -0.1) is 0 Å². The van der Waals surface area contributed by atoms with Crippen LogP contribution < -0.4 is 5.48 Å². The van der Waals surface area contributed by atoms with Gasteiger partial charge in [0.2, 0.25) is 0 Å². The van der Waals surface area contributed by atoms with Gasteiger partial charge in [0.15, 0.2) is 0 Å². The van der Waals surface area contributed by atoms with Gasteiger partial charge in [-0.05, 0) is 53.6 Å². The average Bonchev–Trinajstić information content (AvgIpc) is 3.40. The summed E-state index contributed by atoms with van der Waals surface area (Å²) in [4.78, 5) is 17.0. The number of fused-ring (bicyclic) bond motifs is 2. The number of aliphatic hydroxyl groups excluding tert-OH is 1. The second kappa shape index (κ2) is 9.66. The average molecular weight is 440 g/mol. The first-order chi connectivity index (χ1) is 15.1. The summed E-state index contributed by atoms with van der Waals surface area (Å²) in [7, 11) is 0. The Hall–Kier alpha value is -2.64. The third kappa shape index (κ3) is 4.67. The fourth-order valence-corrected chi connectivity index (χ4v) is 4.72. The molecule has 0 bridgehead atoms. The first kappa shape index (κ1) is 21.6. The predicted molar refractivity (Wildman–Crippen MR) is 122 cm³/mol. The molecule has 0 spiro atoms. The van der Waals surface area contributed by atoms with Crippen molar-refractivity contribution in [2.45, 2.75) is 25.3 Å². The summed E-state index contributed by atoms with van der Waals surface area (Å²) in [6.45, 7) is 1.58. The van der Waals surface area contributed by atoms with E-state index in [0.29, 0.717) is 6.54 Å². The van der Waals surface area contributed by atoms with Crippen LogP contribution in [0.1, 0.15) is 34.7 Å². The Morgan fingerprint density at radius 1 is 1.26 bits per heavy atom. The molecule has 1 aliphatic rings. The van der Waals surface area contributed by atoms with E-state index in [1.807, 2.05) is 18.2 Å². The van der Waals surface area contributed by atoms with Crippen molar-refractivity contribution in [3.05, 3.63) is 77.0 Å². The number of hydroxylamine groups is 1. The highest BCUT2D eigenvalue weighted by molar-refractivity contribution is 6.50. The van der Waals surface area contributed by atoms with E-state index >= 15 is 0 Å². The number of para-hydroxylation sites is 1. The lowest BCUT2D eigenvalue weighted by Gasteiger charge is -2.29. The monoisotopic (exact) mass is 439 g/mol. The Bertz CT molecular complexity index is 1110. The lowest BCUT2D eigenvalue weighted by atomic mass is 10.0. The maximum atomic E-state index is 11.3. The number of benzene rings is 2. The highest BCUT2D eigenvalue weighted by atomic mass is 35.5. The van der Waals surface area contributed by atoms with E-state index in [-0.39, 0.29) is 17.7 Å². The first-order valence-electron chi connectivity index (χ1n) is 10.4. The minimum absolute atomic E-state index is 0.114. The van der Waals surface area contributed by atoms with Gasteiger partial charge >= 0.3 is 0 Å². The number of halogens is 1. The Morgan fingerprint density at radius 3 is 2.90 bits per heavy atom. The molecule has 4 N–H and O–H groups in total. The van der Waals surface area contributed by atoms with Gasteiger partial charge in [-0.25, -0.2) is 5.48 Å². The summed E-state index contributed by atoms with van der Waals surface area (Å²) >= 11 is 6.23. The van der Waals surface area contributed by atoms with Crippen LogP contribution in [0, 0.1) is 0 Å². The molecule has 6 nitrogen and oxygen atoms in total. The molecule has 1 aromatic heterocycles. The van der Waals surface area contributed by atoms with Crippen molar-refractivity contribution in [1.29, 1.82) is 0 Å². The first-order valence-corrected chi connectivity index (χ1v) is 10.8. The standard InChI is InChI=1S/C24H26ClN3O3/c25-21(14-24(30)27-31)17-5-7-20-16(13-17)6-8-23(20)28(11-12-29)10-9-18-15-26-22-4-2-1-3-19(18)22/h1-5,7,13-15,23,26,29,31H,6,8-12H2,(H,27,30)/b21-14-. The smallest absolute Gasteiger partial charge is 0.268 e. The number of aryl methyl sites for hydroxylation is 1. The highest BCUT2D eigenvalue weighted by Gasteiger charge is 2.28. The molecule has 1 atom stereocenters. The van der Waals surface area contributed by atoms with Gasteiger partial charge < -0.3 is 10.1 Å². The van der Waals surface area contributed by atoms with Crippen molar-refractivity contribution in [2.75, 3.05) is 19.7 Å². The molecule has 7 heteroatoms. The van der Waals surface area contributed by atoms with Gasteiger partial charge in [0.1, 0.15) is 0 Å². The summed E-state index contributed by atoms with van der Waals surface area (Å²) < 4.78 is 0. The zero-order valence-corrected chi connectivity index (χ0v) is 17.9. The van der Waals surface area contributed by atoms with Crippen LogP contribution in [0.2, 0.25) is 0 Å². The molecule has 0 saturated heterocycles. The van der Waals surface area contributed by atoms with Crippen molar-refractivity contribution >= 4 is 33.4 Å². The summed E-state index contributed by atoms with van der Waals surface area (Å²) in [6, 6.07) is 14.5. The van der Waals surface area contributed by atoms with E-state index < -0.39 is 5.91 Å². The summed E-state index contributed by atoms with van der Waals surface area (Å²) in [5.74, 6) is -0.658.